The molecular weight excluding hydrogens is 418 g/mol. The average molecular weight is 442 g/mol. The number of nitrogens with one attached hydrogen (secondary N) is 2. The van der Waals surface area contributed by atoms with Crippen LogP contribution in [-0.2, 0) is 12.8 Å². The summed E-state index contributed by atoms with van der Waals surface area (Å²) >= 11 is 0. The normalized spacial score (nSPS) is 10.9. The van der Waals surface area contributed by atoms with Gasteiger partial charge in [-0.2, -0.15) is 0 Å². The van der Waals surface area contributed by atoms with Crippen molar-refractivity contribution in [2.24, 2.45) is 4.99 Å². The van der Waals surface area contributed by atoms with Crippen LogP contribution in [0.2, 0.25) is 0 Å². The Morgan fingerprint density at radius 2 is 1.58 bits per heavy atom. The zero-order valence-corrected chi connectivity index (χ0v) is 16.4. The highest BCUT2D eigenvalue weighted by molar-refractivity contribution is 14.0. The molecule has 0 saturated heterocycles. The molecule has 0 bridgehead atoms. The SMILES string of the molecule is CN=C(NCCc1ccc(F)cc1)NCCc1ccc(C)nc1.I. The lowest BCUT2D eigenvalue weighted by Gasteiger charge is -2.12. The molecule has 2 N–H and O–H groups in total. The first-order valence-electron chi connectivity index (χ1n) is 7.78. The topological polar surface area (TPSA) is 49.3 Å². The fourth-order valence-corrected chi connectivity index (χ4v) is 2.17. The van der Waals surface area contributed by atoms with E-state index in [1.54, 1.807) is 19.2 Å². The molecule has 130 valence electrons. The summed E-state index contributed by atoms with van der Waals surface area (Å²) in [5.74, 6) is 0.567. The Hall–Kier alpha value is -1.70. The fourth-order valence-electron chi connectivity index (χ4n) is 2.17. The predicted octanol–water partition coefficient (Wildman–Crippen LogP) is 3.10. The van der Waals surface area contributed by atoms with E-state index in [2.05, 4.69) is 26.7 Å². The summed E-state index contributed by atoms with van der Waals surface area (Å²) in [5.41, 5.74) is 3.32. The van der Waals surface area contributed by atoms with E-state index in [0.29, 0.717) is 0 Å². The second-order valence-corrected chi connectivity index (χ2v) is 5.36. The summed E-state index contributed by atoms with van der Waals surface area (Å²) in [6, 6.07) is 10.7. The van der Waals surface area contributed by atoms with Crippen LogP contribution in [-0.4, -0.2) is 31.1 Å². The van der Waals surface area contributed by atoms with Crippen molar-refractivity contribution in [1.82, 2.24) is 15.6 Å². The summed E-state index contributed by atoms with van der Waals surface area (Å²) in [6.07, 6.45) is 3.62. The number of aromatic nitrogens is 1. The van der Waals surface area contributed by atoms with Crippen LogP contribution in [0.3, 0.4) is 0 Å². The minimum absolute atomic E-state index is 0. The molecule has 1 aromatic heterocycles. The van der Waals surface area contributed by atoms with Gasteiger partial charge in [-0.05, 0) is 49.1 Å². The molecule has 0 aliphatic carbocycles. The number of aryl methyl sites for hydroxylation is 1. The first-order chi connectivity index (χ1) is 11.2. The van der Waals surface area contributed by atoms with Gasteiger partial charge in [0.25, 0.3) is 0 Å². The average Bonchev–Trinajstić information content (AvgIpc) is 2.57. The number of nitrogens with zero attached hydrogens (tertiary/aromatic N) is 2. The Bertz CT molecular complexity index is 573. The Morgan fingerprint density at radius 1 is 1.00 bits per heavy atom. The van der Waals surface area contributed by atoms with E-state index in [0.717, 1.165) is 43.1 Å². The summed E-state index contributed by atoms with van der Waals surface area (Å²) in [4.78, 5) is 8.48. The Morgan fingerprint density at radius 3 is 2.12 bits per heavy atom. The van der Waals surface area contributed by atoms with E-state index in [4.69, 9.17) is 0 Å². The molecule has 24 heavy (non-hydrogen) atoms. The van der Waals surface area contributed by atoms with Crippen molar-refractivity contribution < 1.29 is 4.39 Å². The molecule has 0 aliphatic rings. The standard InChI is InChI=1S/C18H23FN4.HI/c1-14-3-4-16(13-23-14)10-12-22-18(20-2)21-11-9-15-5-7-17(19)8-6-15;/h3-8,13H,9-12H2,1-2H3,(H2,20,21,22);1H. The number of pyridine rings is 1. The Balaban J connectivity index is 0.00000288. The third kappa shape index (κ3) is 7.25. The number of guanidine groups is 1. The van der Waals surface area contributed by atoms with E-state index in [1.165, 1.54) is 17.7 Å². The van der Waals surface area contributed by atoms with Gasteiger partial charge in [0.05, 0.1) is 0 Å². The van der Waals surface area contributed by atoms with Gasteiger partial charge in [0, 0.05) is 32.0 Å². The molecule has 4 nitrogen and oxygen atoms in total. The molecule has 2 rings (SSSR count). The molecule has 0 atom stereocenters. The third-order valence-corrected chi connectivity index (χ3v) is 3.52. The lowest BCUT2D eigenvalue weighted by Crippen LogP contribution is -2.39. The van der Waals surface area contributed by atoms with Crippen LogP contribution in [0.5, 0.6) is 0 Å². The molecule has 0 fully saturated rings. The van der Waals surface area contributed by atoms with Gasteiger partial charge in [-0.1, -0.05) is 18.2 Å². The fraction of sp³-hybridized carbons (Fsp3) is 0.333. The number of halogens is 2. The maximum Gasteiger partial charge on any atom is 0.190 e. The molecule has 0 amide bonds. The van der Waals surface area contributed by atoms with Crippen LogP contribution in [0.4, 0.5) is 4.39 Å². The molecule has 0 unspecified atom stereocenters. The van der Waals surface area contributed by atoms with Crippen molar-refractivity contribution in [2.45, 2.75) is 19.8 Å². The molecule has 1 heterocycles. The van der Waals surface area contributed by atoms with Gasteiger partial charge in [-0.25, -0.2) is 4.39 Å². The van der Waals surface area contributed by atoms with Crippen LogP contribution in [0.25, 0.3) is 0 Å². The molecule has 0 radical (unpaired) electrons. The van der Waals surface area contributed by atoms with Crippen molar-refractivity contribution >= 4 is 29.9 Å². The molecule has 6 heteroatoms. The minimum atomic E-state index is -0.204. The van der Waals surface area contributed by atoms with E-state index in [9.17, 15) is 4.39 Å². The van der Waals surface area contributed by atoms with E-state index in [-0.39, 0.29) is 29.8 Å². The summed E-state index contributed by atoms with van der Waals surface area (Å²) in [6.45, 7) is 3.52. The van der Waals surface area contributed by atoms with Gasteiger partial charge in [0.15, 0.2) is 5.96 Å². The largest absolute Gasteiger partial charge is 0.356 e. The first-order valence-corrected chi connectivity index (χ1v) is 7.78. The number of aliphatic imine (C=N–C) groups is 1. The number of hydrogen-bond donors (Lipinski definition) is 2. The summed E-state index contributed by atoms with van der Waals surface area (Å²) < 4.78 is 12.8. The van der Waals surface area contributed by atoms with Crippen LogP contribution in [0.1, 0.15) is 16.8 Å². The lowest BCUT2D eigenvalue weighted by molar-refractivity contribution is 0.626. The highest BCUT2D eigenvalue weighted by atomic mass is 127. The van der Waals surface area contributed by atoms with Crippen LogP contribution < -0.4 is 10.6 Å². The first kappa shape index (κ1) is 20.3. The molecule has 2 aromatic rings. The molecular formula is C18H24FIN4. The Labute approximate surface area is 160 Å². The summed E-state index contributed by atoms with van der Waals surface area (Å²) in [7, 11) is 1.75. The van der Waals surface area contributed by atoms with E-state index in [1.807, 2.05) is 19.2 Å². The second kappa shape index (κ2) is 11.0. The number of benzene rings is 1. The van der Waals surface area contributed by atoms with Crippen LogP contribution in [0, 0.1) is 12.7 Å². The highest BCUT2D eigenvalue weighted by Crippen LogP contribution is 2.02. The molecule has 0 spiro atoms. The zero-order valence-electron chi connectivity index (χ0n) is 14.1. The van der Waals surface area contributed by atoms with Gasteiger partial charge >= 0.3 is 0 Å². The van der Waals surface area contributed by atoms with Gasteiger partial charge < -0.3 is 10.6 Å². The number of hydrogen-bond acceptors (Lipinski definition) is 2. The maximum absolute atomic E-state index is 12.8. The second-order valence-electron chi connectivity index (χ2n) is 5.36. The Kier molecular flexibility index (Phi) is 9.29. The van der Waals surface area contributed by atoms with Gasteiger partial charge in [-0.3, -0.25) is 9.98 Å². The quantitative estimate of drug-likeness (QED) is 0.411. The zero-order chi connectivity index (χ0) is 16.5. The minimum Gasteiger partial charge on any atom is -0.356 e. The van der Waals surface area contributed by atoms with Crippen molar-refractivity contribution in [1.29, 1.82) is 0 Å². The van der Waals surface area contributed by atoms with E-state index < -0.39 is 0 Å². The lowest BCUT2D eigenvalue weighted by atomic mass is 10.1. The molecule has 0 saturated carbocycles. The van der Waals surface area contributed by atoms with Gasteiger partial charge in [0.2, 0.25) is 0 Å². The van der Waals surface area contributed by atoms with Crippen molar-refractivity contribution in [3.8, 4) is 0 Å². The van der Waals surface area contributed by atoms with Crippen LogP contribution >= 0.6 is 24.0 Å². The van der Waals surface area contributed by atoms with Crippen molar-refractivity contribution in [3.63, 3.8) is 0 Å². The van der Waals surface area contributed by atoms with Crippen molar-refractivity contribution in [2.75, 3.05) is 20.1 Å². The predicted molar refractivity (Wildman–Crippen MR) is 108 cm³/mol. The van der Waals surface area contributed by atoms with Gasteiger partial charge in [-0.15, -0.1) is 24.0 Å². The van der Waals surface area contributed by atoms with E-state index >= 15 is 0 Å². The number of rotatable bonds is 6. The maximum atomic E-state index is 12.8. The smallest absolute Gasteiger partial charge is 0.190 e. The monoisotopic (exact) mass is 442 g/mol. The molecule has 0 aliphatic heterocycles. The van der Waals surface area contributed by atoms with Crippen LogP contribution in [0.15, 0.2) is 47.6 Å². The van der Waals surface area contributed by atoms with Gasteiger partial charge in [0.1, 0.15) is 5.82 Å². The molecule has 1 aromatic carbocycles. The highest BCUT2D eigenvalue weighted by Gasteiger charge is 1.99. The summed E-state index contributed by atoms with van der Waals surface area (Å²) in [5, 5.41) is 6.54. The van der Waals surface area contributed by atoms with Crippen molar-refractivity contribution in [3.05, 3.63) is 65.2 Å². The third-order valence-electron chi connectivity index (χ3n) is 3.52.